The van der Waals surface area contributed by atoms with Crippen molar-refractivity contribution in [1.82, 2.24) is 0 Å². The molecule has 0 unspecified atom stereocenters. The van der Waals surface area contributed by atoms with Crippen molar-refractivity contribution in [2.75, 3.05) is 6.61 Å². The number of hydrogen-bond acceptors (Lipinski definition) is 10. The van der Waals surface area contributed by atoms with Gasteiger partial charge in [0.2, 0.25) is 0 Å². The Morgan fingerprint density at radius 3 is 2.06 bits per heavy atom. The summed E-state index contributed by atoms with van der Waals surface area (Å²) in [6, 6.07) is 0. The molecule has 3 saturated heterocycles. The summed E-state index contributed by atoms with van der Waals surface area (Å²) < 4.78 is 43.2. The molecule has 3 heterocycles. The Hall–Kier alpha value is -1.75. The summed E-state index contributed by atoms with van der Waals surface area (Å²) in [6.07, 6.45) is 6.85. The first-order valence-corrected chi connectivity index (χ1v) is 19.3. The van der Waals surface area contributed by atoms with E-state index in [2.05, 4.69) is 27.7 Å². The van der Waals surface area contributed by atoms with Gasteiger partial charge in [0.05, 0.1) is 24.9 Å². The number of carbonyl (C=O) groups is 3. The van der Waals surface area contributed by atoms with Gasteiger partial charge in [0.1, 0.15) is 0 Å². The van der Waals surface area contributed by atoms with E-state index in [1.807, 2.05) is 0 Å². The number of esters is 3. The first kappa shape index (κ1) is 35.6. The Bertz CT molecular complexity index is 1280. The molecule has 0 amide bonds. The van der Waals surface area contributed by atoms with Gasteiger partial charge in [-0.1, -0.05) is 27.7 Å². The van der Waals surface area contributed by atoms with Crippen LogP contribution in [0.5, 0.6) is 0 Å². The Labute approximate surface area is 292 Å². The molecule has 7 aliphatic rings. The Balaban J connectivity index is 1.03. The Morgan fingerprint density at radius 1 is 0.714 bits per heavy atom. The van der Waals surface area contributed by atoms with Crippen LogP contribution in [0, 0.1) is 52.3 Å². The minimum Gasteiger partial charge on any atom is -0.456 e. The first-order chi connectivity index (χ1) is 23.1. The number of fused-ring (bicyclic) bond motifs is 7. The van der Waals surface area contributed by atoms with E-state index >= 15 is 0 Å². The van der Waals surface area contributed by atoms with Gasteiger partial charge in [-0.15, -0.1) is 0 Å². The van der Waals surface area contributed by atoms with Crippen LogP contribution in [-0.4, -0.2) is 73.2 Å². The van der Waals surface area contributed by atoms with E-state index in [0.717, 1.165) is 38.2 Å². The molecule has 7 rings (SSSR count). The van der Waals surface area contributed by atoms with Crippen molar-refractivity contribution in [3.8, 4) is 0 Å². The van der Waals surface area contributed by atoms with E-state index in [0.29, 0.717) is 47.0 Å². The summed E-state index contributed by atoms with van der Waals surface area (Å²) in [5, 5.41) is 0. The summed E-state index contributed by atoms with van der Waals surface area (Å²) in [6.45, 7) is 16.3. The highest BCUT2D eigenvalue weighted by molar-refractivity contribution is 5.68. The van der Waals surface area contributed by atoms with Gasteiger partial charge >= 0.3 is 17.9 Å². The van der Waals surface area contributed by atoms with Gasteiger partial charge in [-0.25, -0.2) is 0 Å². The standard InChI is InChI=1S/C39H60O10/c1-20-11-16-39(43-19-20)21(2)32-31(49-39)18-30-28-10-9-26-17-27(12-14-37(26,7)29(28)13-15-38(30,32)8)48-36-35(47-25(6)42)34(46-24(5)41)33(22(3)44-36)45-23(4)40/h20-22,26-36H,9-19H2,1-8H3/t20-,21+,22+,26+,27+,28-,29+,30+,31+,32+,33-,34-,35+,36-,37+,38+,39-/m1/s1. The molecule has 0 aromatic rings. The molecule has 4 aliphatic carbocycles. The van der Waals surface area contributed by atoms with Crippen molar-refractivity contribution in [3.05, 3.63) is 0 Å². The van der Waals surface area contributed by atoms with Gasteiger partial charge in [-0.05, 0) is 111 Å². The largest absolute Gasteiger partial charge is 0.456 e. The highest BCUT2D eigenvalue weighted by Gasteiger charge is 2.69. The van der Waals surface area contributed by atoms with Crippen LogP contribution in [0.3, 0.4) is 0 Å². The molecular weight excluding hydrogens is 628 g/mol. The first-order valence-electron chi connectivity index (χ1n) is 19.3. The lowest BCUT2D eigenvalue weighted by atomic mass is 9.44. The van der Waals surface area contributed by atoms with Crippen LogP contribution < -0.4 is 0 Å². The minimum atomic E-state index is -1.06. The zero-order chi connectivity index (χ0) is 35.0. The van der Waals surface area contributed by atoms with E-state index in [1.165, 1.54) is 59.3 Å². The predicted octanol–water partition coefficient (Wildman–Crippen LogP) is 6.36. The lowest BCUT2D eigenvalue weighted by Crippen LogP contribution is -2.62. The van der Waals surface area contributed by atoms with E-state index in [9.17, 15) is 14.4 Å². The zero-order valence-electron chi connectivity index (χ0n) is 30.9. The highest BCUT2D eigenvalue weighted by atomic mass is 16.7. The third-order valence-corrected chi connectivity index (χ3v) is 14.8. The van der Waals surface area contributed by atoms with E-state index in [4.69, 9.17) is 33.2 Å². The summed E-state index contributed by atoms with van der Waals surface area (Å²) in [4.78, 5) is 36.3. The second-order valence-corrected chi connectivity index (χ2v) is 17.6. The molecule has 49 heavy (non-hydrogen) atoms. The topological polar surface area (TPSA) is 116 Å². The van der Waals surface area contributed by atoms with Crippen LogP contribution in [0.4, 0.5) is 0 Å². The Morgan fingerprint density at radius 2 is 1.39 bits per heavy atom. The number of ether oxygens (including phenoxy) is 7. The molecule has 276 valence electrons. The van der Waals surface area contributed by atoms with Gasteiger partial charge in [0.15, 0.2) is 30.4 Å². The molecule has 0 N–H and O–H groups in total. The maximum absolute atomic E-state index is 12.2. The molecule has 1 spiro atoms. The van der Waals surface area contributed by atoms with Crippen molar-refractivity contribution >= 4 is 17.9 Å². The molecule has 7 fully saturated rings. The second kappa shape index (κ2) is 13.0. The number of rotatable bonds is 5. The molecule has 4 saturated carbocycles. The van der Waals surface area contributed by atoms with Crippen molar-refractivity contribution in [1.29, 1.82) is 0 Å². The van der Waals surface area contributed by atoms with Crippen LogP contribution in [0.1, 0.15) is 120 Å². The Kier molecular flexibility index (Phi) is 9.48. The SMILES string of the molecule is CC(=O)O[C@H]1[C@H](OC(C)=O)[C@@H](O[C@H]2CC[C@@]3(C)[C@@H](CC[C@@H]4[C@@H]3CC[C@]3(C)[C@@H]5[C@H](C[C@@H]43)O[C@]3(CC[C@@H](C)CO3)[C@H]5C)C2)O[C@@H](C)[C@H]1OC(C)=O. The van der Waals surface area contributed by atoms with Gasteiger partial charge in [0.25, 0.3) is 0 Å². The van der Waals surface area contributed by atoms with Crippen LogP contribution >= 0.6 is 0 Å². The molecule has 10 nitrogen and oxygen atoms in total. The fraction of sp³-hybridized carbons (Fsp3) is 0.923. The molecule has 0 aromatic heterocycles. The van der Waals surface area contributed by atoms with E-state index in [-0.39, 0.29) is 17.3 Å². The summed E-state index contributed by atoms with van der Waals surface area (Å²) in [7, 11) is 0. The van der Waals surface area contributed by atoms with Crippen LogP contribution in [0.25, 0.3) is 0 Å². The normalized spacial score (nSPS) is 51.9. The number of hydrogen-bond donors (Lipinski definition) is 0. The second-order valence-electron chi connectivity index (χ2n) is 17.6. The predicted molar refractivity (Wildman–Crippen MR) is 178 cm³/mol. The summed E-state index contributed by atoms with van der Waals surface area (Å²) in [5.74, 6) is 2.22. The van der Waals surface area contributed by atoms with Crippen molar-refractivity contribution in [2.45, 2.75) is 168 Å². The zero-order valence-corrected chi connectivity index (χ0v) is 30.9. The fourth-order valence-electron chi connectivity index (χ4n) is 12.6. The molecule has 0 radical (unpaired) electrons. The lowest BCUT2D eigenvalue weighted by Gasteiger charge is -2.61. The van der Waals surface area contributed by atoms with Gasteiger partial charge in [-0.2, -0.15) is 0 Å². The van der Waals surface area contributed by atoms with Crippen LogP contribution in [0.2, 0.25) is 0 Å². The van der Waals surface area contributed by atoms with Gasteiger partial charge in [-0.3, -0.25) is 14.4 Å². The average Bonchev–Trinajstić information content (AvgIpc) is 3.47. The van der Waals surface area contributed by atoms with Crippen molar-refractivity contribution in [2.24, 2.45) is 52.3 Å². The maximum atomic E-state index is 12.2. The smallest absolute Gasteiger partial charge is 0.303 e. The summed E-state index contributed by atoms with van der Waals surface area (Å²) in [5.41, 5.74) is 0.544. The third kappa shape index (κ3) is 6.06. The molecule has 3 aliphatic heterocycles. The monoisotopic (exact) mass is 688 g/mol. The lowest BCUT2D eigenvalue weighted by molar-refractivity contribution is -0.315. The van der Waals surface area contributed by atoms with Gasteiger partial charge < -0.3 is 33.2 Å². The quantitative estimate of drug-likeness (QED) is 0.184. The van der Waals surface area contributed by atoms with Crippen molar-refractivity contribution in [3.63, 3.8) is 0 Å². The highest BCUT2D eigenvalue weighted by Crippen LogP contribution is 2.71. The molecule has 17 atom stereocenters. The number of carbonyl (C=O) groups excluding carboxylic acids is 3. The van der Waals surface area contributed by atoms with Crippen molar-refractivity contribution < 1.29 is 47.5 Å². The minimum absolute atomic E-state index is 0.0866. The maximum Gasteiger partial charge on any atom is 0.303 e. The molecular formula is C39H60O10. The van der Waals surface area contributed by atoms with E-state index in [1.54, 1.807) is 6.92 Å². The average molecular weight is 689 g/mol. The van der Waals surface area contributed by atoms with E-state index < -0.39 is 48.6 Å². The molecule has 0 aromatic carbocycles. The van der Waals surface area contributed by atoms with Crippen LogP contribution in [0.15, 0.2) is 0 Å². The fourth-order valence-corrected chi connectivity index (χ4v) is 12.6. The molecule has 10 heteroatoms. The third-order valence-electron chi connectivity index (χ3n) is 14.8. The molecule has 0 bridgehead atoms. The summed E-state index contributed by atoms with van der Waals surface area (Å²) >= 11 is 0. The van der Waals surface area contributed by atoms with Gasteiger partial charge in [0, 0.05) is 33.1 Å². The van der Waals surface area contributed by atoms with Crippen LogP contribution in [-0.2, 0) is 47.5 Å².